The SMILES string of the molecule is Cc1ccccc1B(c1ccc(N2c3ccccc3C3(c4ccccc42)c2ccccc2N(c2ccc(B(c4ccccc4C)c4ccccc4C)cc2)c2ccccc23)cc1)c1ccccc1C. The highest BCUT2D eigenvalue weighted by atomic mass is 15.2. The zero-order valence-electron chi connectivity index (χ0n) is 39.6. The van der Waals surface area contributed by atoms with Crippen LogP contribution >= 0.6 is 0 Å². The number of benzene rings is 10. The quantitative estimate of drug-likeness (QED) is 0.140. The maximum absolute atomic E-state index is 2.49. The zero-order valence-corrected chi connectivity index (χ0v) is 39.6. The fraction of sp³-hybridized carbons (Fsp3) is 0.0769. The minimum atomic E-state index is -0.602. The fourth-order valence-electron chi connectivity index (χ4n) is 12.0. The van der Waals surface area contributed by atoms with E-state index in [2.05, 4.69) is 280 Å². The van der Waals surface area contributed by atoms with Crippen molar-refractivity contribution in [3.05, 3.63) is 287 Å². The Morgan fingerprint density at radius 2 is 0.493 bits per heavy atom. The van der Waals surface area contributed by atoms with Gasteiger partial charge in [0.05, 0.1) is 28.2 Å². The van der Waals surface area contributed by atoms with Crippen LogP contribution in [0.25, 0.3) is 0 Å². The first-order valence-electron chi connectivity index (χ1n) is 24.3. The van der Waals surface area contributed by atoms with Gasteiger partial charge in [-0.1, -0.05) is 249 Å². The molecule has 0 amide bonds. The van der Waals surface area contributed by atoms with E-state index in [0.717, 1.165) is 11.4 Å². The van der Waals surface area contributed by atoms with Gasteiger partial charge < -0.3 is 9.80 Å². The molecular formula is C65H52B2N2. The van der Waals surface area contributed by atoms with Crippen LogP contribution < -0.4 is 42.6 Å². The van der Waals surface area contributed by atoms with E-state index in [0.29, 0.717) is 0 Å². The van der Waals surface area contributed by atoms with Gasteiger partial charge >= 0.3 is 0 Å². The van der Waals surface area contributed by atoms with E-state index in [1.165, 1.54) is 100 Å². The summed E-state index contributed by atoms with van der Waals surface area (Å²) < 4.78 is 0. The van der Waals surface area contributed by atoms with Crippen molar-refractivity contribution in [3.8, 4) is 0 Å². The predicted octanol–water partition coefficient (Wildman–Crippen LogP) is 11.9. The summed E-state index contributed by atoms with van der Waals surface area (Å²) >= 11 is 0. The number of hydrogen-bond donors (Lipinski definition) is 0. The third-order valence-electron chi connectivity index (χ3n) is 15.2. The fourth-order valence-corrected chi connectivity index (χ4v) is 12.0. The highest BCUT2D eigenvalue weighted by Crippen LogP contribution is 2.63. The summed E-state index contributed by atoms with van der Waals surface area (Å²) in [5.41, 5.74) is 24.5. The molecule has 0 radical (unpaired) electrons. The highest BCUT2D eigenvalue weighted by molar-refractivity contribution is 6.96. The number of aryl methyl sites for hydroxylation is 4. The lowest BCUT2D eigenvalue weighted by Crippen LogP contribution is -2.53. The summed E-state index contributed by atoms with van der Waals surface area (Å²) in [6.07, 6.45) is 0. The van der Waals surface area contributed by atoms with Gasteiger partial charge in [-0.3, -0.25) is 0 Å². The van der Waals surface area contributed by atoms with E-state index in [1.54, 1.807) is 0 Å². The van der Waals surface area contributed by atoms with E-state index >= 15 is 0 Å². The van der Waals surface area contributed by atoms with Gasteiger partial charge in [0.25, 0.3) is 0 Å². The first-order chi connectivity index (χ1) is 33.9. The molecule has 0 N–H and O–H groups in total. The summed E-state index contributed by atoms with van der Waals surface area (Å²) in [5, 5.41) is 0. The Balaban J connectivity index is 0.997. The molecule has 2 aliphatic rings. The molecule has 10 aromatic rings. The van der Waals surface area contributed by atoms with Gasteiger partial charge in [-0.2, -0.15) is 0 Å². The third-order valence-corrected chi connectivity index (χ3v) is 15.2. The van der Waals surface area contributed by atoms with Gasteiger partial charge in [0.2, 0.25) is 13.4 Å². The van der Waals surface area contributed by atoms with E-state index in [4.69, 9.17) is 0 Å². The van der Waals surface area contributed by atoms with Gasteiger partial charge in [-0.05, 0) is 98.5 Å². The van der Waals surface area contributed by atoms with E-state index in [1.807, 2.05) is 0 Å². The highest BCUT2D eigenvalue weighted by Gasteiger charge is 2.51. The zero-order chi connectivity index (χ0) is 46.6. The Kier molecular flexibility index (Phi) is 10.6. The summed E-state index contributed by atoms with van der Waals surface area (Å²) in [7, 11) is 0. The van der Waals surface area contributed by atoms with E-state index in [-0.39, 0.29) is 13.4 Å². The van der Waals surface area contributed by atoms with E-state index in [9.17, 15) is 0 Å². The smallest absolute Gasteiger partial charge is 0.241 e. The van der Waals surface area contributed by atoms with E-state index < -0.39 is 5.41 Å². The van der Waals surface area contributed by atoms with Crippen LogP contribution in [0.15, 0.2) is 243 Å². The number of rotatable bonds is 8. The molecule has 328 valence electrons. The van der Waals surface area contributed by atoms with Crippen LogP contribution in [0.2, 0.25) is 0 Å². The number of hydrogen-bond acceptors (Lipinski definition) is 2. The van der Waals surface area contributed by atoms with Crippen molar-refractivity contribution in [2.24, 2.45) is 0 Å². The molecule has 0 fully saturated rings. The molecule has 0 bridgehead atoms. The number of fused-ring (bicyclic) bond motifs is 8. The minimum Gasteiger partial charge on any atom is -0.310 e. The Labute approximate surface area is 408 Å². The van der Waals surface area contributed by atoms with Crippen molar-refractivity contribution in [2.45, 2.75) is 33.1 Å². The summed E-state index contributed by atoms with van der Waals surface area (Å²) in [5.74, 6) is 0. The van der Waals surface area contributed by atoms with Crippen molar-refractivity contribution in [3.63, 3.8) is 0 Å². The van der Waals surface area contributed by atoms with Gasteiger partial charge in [0.15, 0.2) is 0 Å². The Morgan fingerprint density at radius 3 is 0.754 bits per heavy atom. The molecular weight excluding hydrogens is 830 g/mol. The number of anilines is 6. The van der Waals surface area contributed by atoms with Gasteiger partial charge in [-0.15, -0.1) is 0 Å². The molecule has 2 aliphatic heterocycles. The number of nitrogens with zero attached hydrogens (tertiary/aromatic N) is 2. The Morgan fingerprint density at radius 1 is 0.261 bits per heavy atom. The summed E-state index contributed by atoms with van der Waals surface area (Å²) in [6, 6.07) is 90.6. The van der Waals surface area contributed by atoms with Crippen LogP contribution in [0.5, 0.6) is 0 Å². The molecule has 0 atom stereocenters. The van der Waals surface area contributed by atoms with Crippen LogP contribution in [0.4, 0.5) is 34.1 Å². The van der Waals surface area contributed by atoms with Crippen LogP contribution in [0.1, 0.15) is 44.5 Å². The van der Waals surface area contributed by atoms with Crippen molar-refractivity contribution in [1.82, 2.24) is 0 Å². The molecule has 0 saturated carbocycles. The molecule has 10 aromatic carbocycles. The average Bonchev–Trinajstić information content (AvgIpc) is 3.39. The third kappa shape index (κ3) is 6.80. The lowest BCUT2D eigenvalue weighted by atomic mass is 9.35. The molecule has 12 rings (SSSR count). The second kappa shape index (κ2) is 17.2. The first kappa shape index (κ1) is 42.3. The van der Waals surface area contributed by atoms with Gasteiger partial charge in [0, 0.05) is 11.4 Å². The van der Waals surface area contributed by atoms with Gasteiger partial charge in [0.1, 0.15) is 0 Å². The molecule has 1 spiro atoms. The lowest BCUT2D eigenvalue weighted by molar-refractivity contribution is 0.719. The largest absolute Gasteiger partial charge is 0.310 e. The second-order valence-electron chi connectivity index (χ2n) is 19.0. The standard InChI is InChI=1S/C65H52B2N2/c1-45-21-5-13-29-57(45)66(58-30-14-6-22-46(58)2)49-37-41-51(42-38-49)68-61-33-17-9-25-53(61)65(54-26-10-18-34-62(54)68)55-27-11-19-35-63(55)69(64-36-20-12-28-56(64)65)52-43-39-50(40-44-52)67(59-31-15-7-23-47(59)3)60-32-16-8-24-48(60)4/h5-44H,1-4H3. The first-order valence-corrected chi connectivity index (χ1v) is 24.3. The van der Waals surface area contributed by atoms with Crippen molar-refractivity contribution >= 4 is 80.3 Å². The molecule has 2 nitrogen and oxygen atoms in total. The maximum Gasteiger partial charge on any atom is 0.241 e. The Bertz CT molecular complexity index is 3110. The molecule has 4 heteroatoms. The molecule has 0 aliphatic carbocycles. The number of para-hydroxylation sites is 4. The summed E-state index contributed by atoms with van der Waals surface area (Å²) in [4.78, 5) is 4.98. The molecule has 0 unspecified atom stereocenters. The van der Waals surface area contributed by atoms with Crippen LogP contribution in [0, 0.1) is 27.7 Å². The molecule has 69 heavy (non-hydrogen) atoms. The van der Waals surface area contributed by atoms with Crippen molar-refractivity contribution in [1.29, 1.82) is 0 Å². The second-order valence-corrected chi connectivity index (χ2v) is 19.0. The normalized spacial score (nSPS) is 13.0. The van der Waals surface area contributed by atoms with Crippen molar-refractivity contribution < 1.29 is 0 Å². The van der Waals surface area contributed by atoms with Crippen molar-refractivity contribution in [2.75, 3.05) is 9.80 Å². The Hall–Kier alpha value is -8.07. The topological polar surface area (TPSA) is 6.48 Å². The average molecular weight is 883 g/mol. The van der Waals surface area contributed by atoms with Crippen LogP contribution in [-0.2, 0) is 5.41 Å². The monoisotopic (exact) mass is 882 g/mol. The molecule has 0 aromatic heterocycles. The summed E-state index contributed by atoms with van der Waals surface area (Å²) in [6.45, 7) is 9.17. The lowest BCUT2D eigenvalue weighted by Gasteiger charge is -2.51. The minimum absolute atomic E-state index is 0.114. The van der Waals surface area contributed by atoms with Crippen LogP contribution in [0.3, 0.4) is 0 Å². The predicted molar refractivity (Wildman–Crippen MR) is 295 cm³/mol. The van der Waals surface area contributed by atoms with Crippen LogP contribution in [-0.4, -0.2) is 13.4 Å². The van der Waals surface area contributed by atoms with Gasteiger partial charge in [-0.25, -0.2) is 0 Å². The molecule has 2 heterocycles. The maximum atomic E-state index is 2.49. The molecule has 0 saturated heterocycles.